The van der Waals surface area contributed by atoms with Crippen molar-refractivity contribution in [3.63, 3.8) is 0 Å². The fourth-order valence-electron chi connectivity index (χ4n) is 2.56. The summed E-state index contributed by atoms with van der Waals surface area (Å²) >= 11 is 0. The van der Waals surface area contributed by atoms with Crippen LogP contribution in [0.4, 0.5) is 5.69 Å². The summed E-state index contributed by atoms with van der Waals surface area (Å²) in [6, 6.07) is 16.8. The second kappa shape index (κ2) is 5.93. The highest BCUT2D eigenvalue weighted by molar-refractivity contribution is 7.90. The maximum atomic E-state index is 12.3. The van der Waals surface area contributed by atoms with Crippen LogP contribution in [0.3, 0.4) is 0 Å². The van der Waals surface area contributed by atoms with Gasteiger partial charge in [-0.05, 0) is 30.7 Å². The molecule has 0 saturated heterocycles. The number of unbranched alkanes of at least 4 members (excludes halogenated alkanes) is 1. The summed E-state index contributed by atoms with van der Waals surface area (Å²) in [6.07, 6.45) is 2.00. The summed E-state index contributed by atoms with van der Waals surface area (Å²) in [5.41, 5.74) is 1.64. The SMILES string of the molecule is CCCCN(C1=NS(=O)(=O)c2ccccc21)c1ccccc1. The Morgan fingerprint density at radius 1 is 1.00 bits per heavy atom. The van der Waals surface area contributed by atoms with Gasteiger partial charge in [-0.25, -0.2) is 0 Å². The highest BCUT2D eigenvalue weighted by atomic mass is 32.2. The van der Waals surface area contributed by atoms with Crippen molar-refractivity contribution in [3.05, 3.63) is 60.2 Å². The van der Waals surface area contributed by atoms with Gasteiger partial charge in [0.1, 0.15) is 4.90 Å². The van der Waals surface area contributed by atoms with E-state index in [9.17, 15) is 8.42 Å². The quantitative estimate of drug-likeness (QED) is 0.868. The number of nitrogens with zero attached hydrogens (tertiary/aromatic N) is 2. The fraction of sp³-hybridized carbons (Fsp3) is 0.235. The van der Waals surface area contributed by atoms with Crippen LogP contribution in [0.15, 0.2) is 63.9 Å². The highest BCUT2D eigenvalue weighted by Crippen LogP contribution is 2.30. The van der Waals surface area contributed by atoms with Crippen LogP contribution in [0.5, 0.6) is 0 Å². The molecule has 114 valence electrons. The zero-order chi connectivity index (χ0) is 15.6. The van der Waals surface area contributed by atoms with Gasteiger partial charge < -0.3 is 4.90 Å². The fourth-order valence-corrected chi connectivity index (χ4v) is 3.78. The number of anilines is 1. The number of rotatable bonds is 4. The smallest absolute Gasteiger partial charge is 0.285 e. The Morgan fingerprint density at radius 2 is 1.68 bits per heavy atom. The molecule has 0 amide bonds. The first-order chi connectivity index (χ1) is 10.6. The molecule has 0 N–H and O–H groups in total. The number of amidine groups is 1. The Balaban J connectivity index is 2.10. The minimum Gasteiger partial charge on any atom is -0.325 e. The van der Waals surface area contributed by atoms with E-state index in [0.29, 0.717) is 16.3 Å². The van der Waals surface area contributed by atoms with Crippen LogP contribution in [-0.2, 0) is 10.0 Å². The lowest BCUT2D eigenvalue weighted by Gasteiger charge is -2.24. The molecule has 0 unspecified atom stereocenters. The number of para-hydroxylation sites is 1. The molecule has 1 aliphatic heterocycles. The molecule has 1 heterocycles. The lowest BCUT2D eigenvalue weighted by molar-refractivity contribution is 0.599. The maximum Gasteiger partial charge on any atom is 0.285 e. The van der Waals surface area contributed by atoms with Crippen molar-refractivity contribution < 1.29 is 8.42 Å². The number of hydrogen-bond donors (Lipinski definition) is 0. The van der Waals surface area contributed by atoms with Gasteiger partial charge in [0.2, 0.25) is 0 Å². The lowest BCUT2D eigenvalue weighted by atomic mass is 10.1. The van der Waals surface area contributed by atoms with E-state index in [0.717, 1.165) is 25.1 Å². The Kier molecular flexibility index (Phi) is 3.98. The van der Waals surface area contributed by atoms with Gasteiger partial charge in [-0.2, -0.15) is 8.42 Å². The lowest BCUT2D eigenvalue weighted by Crippen LogP contribution is -2.31. The maximum absolute atomic E-state index is 12.3. The van der Waals surface area contributed by atoms with E-state index in [1.807, 2.05) is 47.4 Å². The molecule has 0 bridgehead atoms. The molecule has 2 aromatic carbocycles. The molecule has 0 atom stereocenters. The van der Waals surface area contributed by atoms with Gasteiger partial charge in [-0.1, -0.05) is 43.7 Å². The van der Waals surface area contributed by atoms with Gasteiger partial charge >= 0.3 is 0 Å². The average Bonchev–Trinajstić information content (AvgIpc) is 2.81. The van der Waals surface area contributed by atoms with Gasteiger partial charge in [0, 0.05) is 17.8 Å². The van der Waals surface area contributed by atoms with E-state index >= 15 is 0 Å². The summed E-state index contributed by atoms with van der Waals surface area (Å²) < 4.78 is 28.6. The molecule has 2 aromatic rings. The molecule has 0 radical (unpaired) electrons. The van der Waals surface area contributed by atoms with Crippen molar-refractivity contribution in [1.82, 2.24) is 0 Å². The molecule has 4 nitrogen and oxygen atoms in total. The molecule has 0 aliphatic carbocycles. The monoisotopic (exact) mass is 314 g/mol. The van der Waals surface area contributed by atoms with Gasteiger partial charge in [-0.15, -0.1) is 4.40 Å². The molecule has 0 fully saturated rings. The normalized spacial score (nSPS) is 15.2. The standard InChI is InChI=1S/C17H18N2O2S/c1-2-3-13-19(14-9-5-4-6-10-14)17-15-11-7-8-12-16(15)22(20,21)18-17/h4-12H,2-3,13H2,1H3. The molecular formula is C17H18N2O2S. The highest BCUT2D eigenvalue weighted by Gasteiger charge is 2.31. The largest absolute Gasteiger partial charge is 0.325 e. The van der Waals surface area contributed by atoms with Crippen molar-refractivity contribution in [2.45, 2.75) is 24.7 Å². The first-order valence-electron chi connectivity index (χ1n) is 7.40. The van der Waals surface area contributed by atoms with E-state index in [1.165, 1.54) is 0 Å². The molecular weight excluding hydrogens is 296 g/mol. The molecule has 0 aromatic heterocycles. The first kappa shape index (κ1) is 14.8. The molecule has 1 aliphatic rings. The van der Waals surface area contributed by atoms with Crippen molar-refractivity contribution in [2.24, 2.45) is 4.40 Å². The van der Waals surface area contributed by atoms with Crippen molar-refractivity contribution in [3.8, 4) is 0 Å². The first-order valence-corrected chi connectivity index (χ1v) is 8.84. The molecule has 0 spiro atoms. The van der Waals surface area contributed by atoms with Gasteiger partial charge in [-0.3, -0.25) is 0 Å². The van der Waals surface area contributed by atoms with Crippen LogP contribution in [0.2, 0.25) is 0 Å². The second-order valence-corrected chi connectivity index (χ2v) is 6.80. The van der Waals surface area contributed by atoms with E-state index < -0.39 is 10.0 Å². The van der Waals surface area contributed by atoms with Crippen LogP contribution in [-0.4, -0.2) is 20.8 Å². The van der Waals surface area contributed by atoms with Crippen LogP contribution in [0.25, 0.3) is 0 Å². The number of fused-ring (bicyclic) bond motifs is 1. The van der Waals surface area contributed by atoms with Crippen LogP contribution < -0.4 is 4.90 Å². The molecule has 0 saturated carbocycles. The Bertz CT molecular complexity index is 798. The zero-order valence-corrected chi connectivity index (χ0v) is 13.3. The molecule has 3 rings (SSSR count). The average molecular weight is 314 g/mol. The predicted octanol–water partition coefficient (Wildman–Crippen LogP) is 3.44. The minimum absolute atomic E-state index is 0.294. The molecule has 5 heteroatoms. The second-order valence-electron chi connectivity index (χ2n) is 5.23. The minimum atomic E-state index is -3.59. The Hall–Kier alpha value is -2.14. The third-order valence-corrected chi connectivity index (χ3v) is 5.00. The summed E-state index contributed by atoms with van der Waals surface area (Å²) in [5.74, 6) is 0.523. The van der Waals surface area contributed by atoms with Gasteiger partial charge in [0.15, 0.2) is 5.84 Å². The zero-order valence-electron chi connectivity index (χ0n) is 12.4. The van der Waals surface area contributed by atoms with Crippen LogP contribution in [0, 0.1) is 0 Å². The third kappa shape index (κ3) is 2.64. The Labute approximate surface area is 131 Å². The number of hydrogen-bond acceptors (Lipinski definition) is 3. The Morgan fingerprint density at radius 3 is 2.41 bits per heavy atom. The van der Waals surface area contributed by atoms with E-state index in [2.05, 4.69) is 11.3 Å². The van der Waals surface area contributed by atoms with E-state index in [1.54, 1.807) is 12.1 Å². The van der Waals surface area contributed by atoms with Crippen molar-refractivity contribution in [2.75, 3.05) is 11.4 Å². The van der Waals surface area contributed by atoms with Crippen LogP contribution in [0.1, 0.15) is 25.3 Å². The summed E-state index contributed by atoms with van der Waals surface area (Å²) in [5, 5.41) is 0. The van der Waals surface area contributed by atoms with Crippen molar-refractivity contribution in [1.29, 1.82) is 0 Å². The number of sulfonamides is 1. The predicted molar refractivity (Wildman–Crippen MR) is 88.9 cm³/mol. The molecule has 22 heavy (non-hydrogen) atoms. The topological polar surface area (TPSA) is 49.7 Å². The van der Waals surface area contributed by atoms with Crippen LogP contribution >= 0.6 is 0 Å². The van der Waals surface area contributed by atoms with Gasteiger partial charge in [0.25, 0.3) is 10.0 Å². The summed E-state index contributed by atoms with van der Waals surface area (Å²) in [7, 11) is -3.59. The van der Waals surface area contributed by atoms with E-state index in [-0.39, 0.29) is 0 Å². The summed E-state index contributed by atoms with van der Waals surface area (Å²) in [4.78, 5) is 2.29. The van der Waals surface area contributed by atoms with E-state index in [4.69, 9.17) is 0 Å². The third-order valence-electron chi connectivity index (χ3n) is 3.67. The van der Waals surface area contributed by atoms with Crippen molar-refractivity contribution >= 4 is 21.5 Å². The summed E-state index contributed by atoms with van der Waals surface area (Å²) in [6.45, 7) is 2.85. The van der Waals surface area contributed by atoms with Gasteiger partial charge in [0.05, 0.1) is 0 Å². The number of benzene rings is 2.